The molecule has 1 heteroatoms. The number of hydrogen-bond acceptors (Lipinski definition) is 1. The number of rotatable bonds is 3. The zero-order valence-corrected chi connectivity index (χ0v) is 5.62. The van der Waals surface area contributed by atoms with Crippen LogP contribution in [-0.2, 0) is 0 Å². The Morgan fingerprint density at radius 2 is 1.78 bits per heavy atom. The summed E-state index contributed by atoms with van der Waals surface area (Å²) in [5.41, 5.74) is 0. The van der Waals surface area contributed by atoms with E-state index in [2.05, 4.69) is 11.6 Å². The van der Waals surface area contributed by atoms with E-state index in [1.165, 1.54) is 0 Å². The lowest BCUT2D eigenvalue weighted by atomic mass is 10.4. The summed E-state index contributed by atoms with van der Waals surface area (Å²) in [5, 5.41) is 0. The second kappa shape index (κ2) is 6.89. The quantitative estimate of drug-likeness (QED) is 0.400. The average molecular weight is 121 g/mol. The van der Waals surface area contributed by atoms with Crippen molar-refractivity contribution in [1.29, 1.82) is 0 Å². The first-order chi connectivity index (χ1) is 4.41. The lowest BCUT2D eigenvalue weighted by Crippen LogP contribution is -1.58. The van der Waals surface area contributed by atoms with Gasteiger partial charge in [0.15, 0.2) is 0 Å². The molecule has 0 heterocycles. The predicted octanol–water partition coefficient (Wildman–Crippen LogP) is 1.99. The molecule has 0 saturated carbocycles. The Morgan fingerprint density at radius 3 is 2.33 bits per heavy atom. The molecule has 0 aromatic carbocycles. The van der Waals surface area contributed by atoms with E-state index in [1.54, 1.807) is 19.3 Å². The summed E-state index contributed by atoms with van der Waals surface area (Å²) in [6.07, 6.45) is 11.0. The molecule has 0 spiro atoms. The predicted molar refractivity (Wildman–Crippen MR) is 42.9 cm³/mol. The fourth-order valence-corrected chi connectivity index (χ4v) is 0.343. The standard InChI is InChI=1S/C8H11N/c1-3-4-5-6-7-8-9-2/h3-8H,1H2,2H3/b5-4-,7-6+,9-8?. The van der Waals surface area contributed by atoms with E-state index in [9.17, 15) is 0 Å². The molecule has 0 aliphatic carbocycles. The Balaban J connectivity index is 3.46. The molecule has 48 valence electrons. The van der Waals surface area contributed by atoms with Gasteiger partial charge in [0, 0.05) is 13.3 Å². The van der Waals surface area contributed by atoms with E-state index < -0.39 is 0 Å². The van der Waals surface area contributed by atoms with Gasteiger partial charge in [0.05, 0.1) is 0 Å². The van der Waals surface area contributed by atoms with Crippen LogP contribution in [0.4, 0.5) is 0 Å². The van der Waals surface area contributed by atoms with Crippen LogP contribution < -0.4 is 0 Å². The van der Waals surface area contributed by atoms with Crippen molar-refractivity contribution in [1.82, 2.24) is 0 Å². The van der Waals surface area contributed by atoms with Crippen molar-refractivity contribution in [3.05, 3.63) is 37.0 Å². The molecule has 0 saturated heterocycles. The maximum atomic E-state index is 3.76. The second-order valence-electron chi connectivity index (χ2n) is 1.41. The van der Waals surface area contributed by atoms with Crippen LogP contribution in [0.1, 0.15) is 0 Å². The lowest BCUT2D eigenvalue weighted by molar-refractivity contribution is 1.48. The Labute approximate surface area is 56.1 Å². The van der Waals surface area contributed by atoms with Crippen molar-refractivity contribution < 1.29 is 0 Å². The van der Waals surface area contributed by atoms with Crippen LogP contribution in [0.25, 0.3) is 0 Å². The highest BCUT2D eigenvalue weighted by molar-refractivity contribution is 5.71. The number of nitrogens with zero attached hydrogens (tertiary/aromatic N) is 1. The summed E-state index contributed by atoms with van der Waals surface area (Å²) in [6, 6.07) is 0. The Kier molecular flexibility index (Phi) is 6.04. The summed E-state index contributed by atoms with van der Waals surface area (Å²) in [5.74, 6) is 0. The SMILES string of the molecule is C=C/C=C\C=C\C=NC. The number of allylic oxidation sites excluding steroid dienone is 5. The van der Waals surface area contributed by atoms with Crippen LogP contribution in [0.5, 0.6) is 0 Å². The van der Waals surface area contributed by atoms with E-state index in [-0.39, 0.29) is 0 Å². The summed E-state index contributed by atoms with van der Waals surface area (Å²) in [7, 11) is 1.74. The molecule has 0 unspecified atom stereocenters. The van der Waals surface area contributed by atoms with Crippen LogP contribution >= 0.6 is 0 Å². The first kappa shape index (κ1) is 7.89. The van der Waals surface area contributed by atoms with Gasteiger partial charge < -0.3 is 0 Å². The van der Waals surface area contributed by atoms with Gasteiger partial charge >= 0.3 is 0 Å². The smallest absolute Gasteiger partial charge is 0.0277 e. The number of aliphatic imine (C=N–C) groups is 1. The van der Waals surface area contributed by atoms with Crippen molar-refractivity contribution in [2.24, 2.45) is 4.99 Å². The Bertz CT molecular complexity index is 141. The minimum atomic E-state index is 1.73. The van der Waals surface area contributed by atoms with Gasteiger partial charge in [-0.15, -0.1) is 0 Å². The van der Waals surface area contributed by atoms with Gasteiger partial charge in [-0.1, -0.05) is 30.9 Å². The average Bonchev–Trinajstić information content (AvgIpc) is 1.89. The van der Waals surface area contributed by atoms with Crippen molar-refractivity contribution in [2.75, 3.05) is 7.05 Å². The topological polar surface area (TPSA) is 12.4 Å². The van der Waals surface area contributed by atoms with Gasteiger partial charge in [-0.2, -0.15) is 0 Å². The van der Waals surface area contributed by atoms with Gasteiger partial charge in [-0.3, -0.25) is 4.99 Å². The summed E-state index contributed by atoms with van der Waals surface area (Å²) in [4.78, 5) is 3.76. The fourth-order valence-electron chi connectivity index (χ4n) is 0.343. The maximum absolute atomic E-state index is 3.76. The van der Waals surface area contributed by atoms with Crippen molar-refractivity contribution in [3.63, 3.8) is 0 Å². The molecule has 0 amide bonds. The molecule has 0 N–H and O–H groups in total. The van der Waals surface area contributed by atoms with Gasteiger partial charge in [-0.05, 0) is 6.08 Å². The fraction of sp³-hybridized carbons (Fsp3) is 0.125. The highest BCUT2D eigenvalue weighted by Gasteiger charge is 1.57. The van der Waals surface area contributed by atoms with E-state index in [1.807, 2.05) is 24.3 Å². The first-order valence-corrected chi connectivity index (χ1v) is 2.78. The molecule has 0 aliphatic heterocycles. The summed E-state index contributed by atoms with van der Waals surface area (Å²) >= 11 is 0. The number of hydrogen-bond donors (Lipinski definition) is 0. The highest BCUT2D eigenvalue weighted by atomic mass is 14.6. The minimum Gasteiger partial charge on any atom is -0.297 e. The molecule has 9 heavy (non-hydrogen) atoms. The van der Waals surface area contributed by atoms with Crippen LogP contribution in [0.15, 0.2) is 42.0 Å². The zero-order chi connectivity index (χ0) is 6.95. The third kappa shape index (κ3) is 6.89. The molecule has 0 fully saturated rings. The van der Waals surface area contributed by atoms with Gasteiger partial charge in [0.1, 0.15) is 0 Å². The monoisotopic (exact) mass is 121 g/mol. The minimum absolute atomic E-state index is 1.73. The van der Waals surface area contributed by atoms with E-state index in [0.29, 0.717) is 0 Å². The van der Waals surface area contributed by atoms with E-state index in [0.717, 1.165) is 0 Å². The van der Waals surface area contributed by atoms with Gasteiger partial charge in [0.25, 0.3) is 0 Å². The third-order valence-corrected chi connectivity index (χ3v) is 0.705. The molecule has 0 aromatic heterocycles. The van der Waals surface area contributed by atoms with Crippen LogP contribution in [0.3, 0.4) is 0 Å². The van der Waals surface area contributed by atoms with Crippen molar-refractivity contribution in [3.8, 4) is 0 Å². The molecule has 0 aromatic rings. The lowest BCUT2D eigenvalue weighted by Gasteiger charge is -1.69. The molecule has 0 aliphatic rings. The van der Waals surface area contributed by atoms with Crippen LogP contribution in [-0.4, -0.2) is 13.3 Å². The first-order valence-electron chi connectivity index (χ1n) is 2.78. The Hall–Kier alpha value is -1.11. The van der Waals surface area contributed by atoms with E-state index in [4.69, 9.17) is 0 Å². The van der Waals surface area contributed by atoms with Gasteiger partial charge in [-0.25, -0.2) is 0 Å². The molecular weight excluding hydrogens is 110 g/mol. The highest BCUT2D eigenvalue weighted by Crippen LogP contribution is 1.74. The van der Waals surface area contributed by atoms with E-state index >= 15 is 0 Å². The van der Waals surface area contributed by atoms with Crippen molar-refractivity contribution in [2.45, 2.75) is 0 Å². The zero-order valence-electron chi connectivity index (χ0n) is 5.62. The second-order valence-corrected chi connectivity index (χ2v) is 1.41. The maximum Gasteiger partial charge on any atom is 0.0277 e. The normalized spacial score (nSPS) is 12.1. The van der Waals surface area contributed by atoms with Crippen LogP contribution in [0, 0.1) is 0 Å². The summed E-state index contributed by atoms with van der Waals surface area (Å²) < 4.78 is 0. The van der Waals surface area contributed by atoms with Crippen LogP contribution in [0.2, 0.25) is 0 Å². The van der Waals surface area contributed by atoms with Crippen molar-refractivity contribution >= 4 is 6.21 Å². The van der Waals surface area contributed by atoms with Gasteiger partial charge in [0.2, 0.25) is 0 Å². The summed E-state index contributed by atoms with van der Waals surface area (Å²) in [6.45, 7) is 3.52. The molecule has 0 rings (SSSR count). The third-order valence-electron chi connectivity index (χ3n) is 0.705. The molecule has 1 nitrogen and oxygen atoms in total. The Morgan fingerprint density at radius 1 is 1.11 bits per heavy atom. The molecule has 0 bridgehead atoms. The largest absolute Gasteiger partial charge is 0.297 e. The molecular formula is C8H11N. The molecule has 0 atom stereocenters. The molecule has 0 radical (unpaired) electrons.